The van der Waals surface area contributed by atoms with Gasteiger partial charge in [0.05, 0.1) is 14.2 Å². The second-order valence-electron chi connectivity index (χ2n) is 3.81. The number of methoxy groups -OCH3 is 2. The maximum Gasteiger partial charge on any atom is 0.256 e. The van der Waals surface area contributed by atoms with E-state index < -0.39 is 5.43 Å². The molecule has 0 aliphatic heterocycles. The third-order valence-corrected chi connectivity index (χ3v) is 2.63. The standard InChI is InChI=1S/C14H13NO4/c1-18-13-7-10(8-15-14(13)19-2)9-4-3-5-11(16)12(17)6-9/h3-8H,1-2H3,(H,16,17). The van der Waals surface area contributed by atoms with Crippen LogP contribution in [0.3, 0.4) is 0 Å². The molecule has 1 aromatic heterocycles. The molecule has 0 saturated carbocycles. The minimum Gasteiger partial charge on any atom is -0.504 e. The van der Waals surface area contributed by atoms with E-state index in [0.717, 1.165) is 0 Å². The molecular weight excluding hydrogens is 246 g/mol. The molecular formula is C14H13NO4. The van der Waals surface area contributed by atoms with E-state index in [-0.39, 0.29) is 5.75 Å². The Labute approximate surface area is 110 Å². The predicted octanol–water partition coefficient (Wildman–Crippen LogP) is 1.83. The van der Waals surface area contributed by atoms with Gasteiger partial charge in [0.15, 0.2) is 11.5 Å². The Bertz CT molecular complexity index is 655. The summed E-state index contributed by atoms with van der Waals surface area (Å²) < 4.78 is 10.2. The van der Waals surface area contributed by atoms with Crippen molar-refractivity contribution >= 4 is 0 Å². The first-order chi connectivity index (χ1) is 9.15. The van der Waals surface area contributed by atoms with Crippen molar-refractivity contribution in [2.75, 3.05) is 14.2 Å². The molecule has 98 valence electrons. The Morgan fingerprint density at radius 1 is 1.11 bits per heavy atom. The average molecular weight is 259 g/mol. The van der Waals surface area contributed by atoms with E-state index in [0.29, 0.717) is 22.8 Å². The van der Waals surface area contributed by atoms with Crippen LogP contribution in [0.15, 0.2) is 41.3 Å². The molecule has 1 aromatic carbocycles. The van der Waals surface area contributed by atoms with Crippen molar-refractivity contribution in [2.45, 2.75) is 0 Å². The molecule has 2 rings (SSSR count). The monoisotopic (exact) mass is 259 g/mol. The highest BCUT2D eigenvalue weighted by atomic mass is 16.5. The zero-order valence-corrected chi connectivity index (χ0v) is 10.6. The fourth-order valence-electron chi connectivity index (χ4n) is 1.66. The second-order valence-corrected chi connectivity index (χ2v) is 3.81. The summed E-state index contributed by atoms with van der Waals surface area (Å²) in [6.45, 7) is 0. The zero-order chi connectivity index (χ0) is 13.8. The van der Waals surface area contributed by atoms with Gasteiger partial charge >= 0.3 is 0 Å². The van der Waals surface area contributed by atoms with Crippen molar-refractivity contribution in [3.05, 3.63) is 46.8 Å². The van der Waals surface area contributed by atoms with Crippen molar-refractivity contribution in [1.82, 2.24) is 4.98 Å². The molecule has 0 fully saturated rings. The Hall–Kier alpha value is -2.56. The number of hydrogen-bond acceptors (Lipinski definition) is 5. The number of hydrogen-bond donors (Lipinski definition) is 1. The second kappa shape index (κ2) is 5.39. The van der Waals surface area contributed by atoms with Crippen molar-refractivity contribution in [1.29, 1.82) is 0 Å². The van der Waals surface area contributed by atoms with Gasteiger partial charge in [-0.3, -0.25) is 4.79 Å². The first-order valence-corrected chi connectivity index (χ1v) is 5.57. The van der Waals surface area contributed by atoms with Crippen LogP contribution in [0.25, 0.3) is 11.1 Å². The molecule has 0 unspecified atom stereocenters. The number of aromatic nitrogens is 1. The molecule has 0 spiro atoms. The lowest BCUT2D eigenvalue weighted by atomic mass is 10.1. The van der Waals surface area contributed by atoms with E-state index in [1.165, 1.54) is 26.4 Å². The molecule has 1 N–H and O–H groups in total. The highest BCUT2D eigenvalue weighted by Gasteiger charge is 2.08. The van der Waals surface area contributed by atoms with Crippen LogP contribution < -0.4 is 14.9 Å². The van der Waals surface area contributed by atoms with Gasteiger partial charge < -0.3 is 14.6 Å². The van der Waals surface area contributed by atoms with E-state index >= 15 is 0 Å². The van der Waals surface area contributed by atoms with Crippen LogP contribution in [0.2, 0.25) is 0 Å². The van der Waals surface area contributed by atoms with Crippen molar-refractivity contribution in [2.24, 2.45) is 0 Å². The van der Waals surface area contributed by atoms with Crippen LogP contribution in [-0.4, -0.2) is 24.3 Å². The lowest BCUT2D eigenvalue weighted by molar-refractivity contribution is 0.343. The van der Waals surface area contributed by atoms with Gasteiger partial charge in [-0.05, 0) is 23.8 Å². The Kier molecular flexibility index (Phi) is 3.66. The molecule has 5 nitrogen and oxygen atoms in total. The SMILES string of the molecule is COc1cc(-c2cccc(=O)c(O)c2)cnc1OC. The molecule has 0 aliphatic rings. The lowest BCUT2D eigenvalue weighted by Gasteiger charge is -2.07. The van der Waals surface area contributed by atoms with E-state index in [9.17, 15) is 9.90 Å². The molecule has 2 aromatic rings. The highest BCUT2D eigenvalue weighted by molar-refractivity contribution is 5.66. The molecule has 1 heterocycles. The summed E-state index contributed by atoms with van der Waals surface area (Å²) in [6.07, 6.45) is 1.58. The lowest BCUT2D eigenvalue weighted by Crippen LogP contribution is -1.94. The first kappa shape index (κ1) is 12.9. The summed E-state index contributed by atoms with van der Waals surface area (Å²) >= 11 is 0. The Balaban J connectivity index is 2.57. The topological polar surface area (TPSA) is 68.7 Å². The summed E-state index contributed by atoms with van der Waals surface area (Å²) in [5.41, 5.74) is 0.941. The molecule has 0 bridgehead atoms. The van der Waals surface area contributed by atoms with Gasteiger partial charge in [0, 0.05) is 11.8 Å². The molecule has 0 saturated heterocycles. The van der Waals surface area contributed by atoms with Crippen molar-refractivity contribution < 1.29 is 14.6 Å². The van der Waals surface area contributed by atoms with E-state index in [1.54, 1.807) is 24.4 Å². The van der Waals surface area contributed by atoms with Gasteiger partial charge in [-0.15, -0.1) is 0 Å². The van der Waals surface area contributed by atoms with Gasteiger partial charge in [0.2, 0.25) is 5.43 Å². The summed E-state index contributed by atoms with van der Waals surface area (Å²) in [5.74, 6) is 0.545. The normalized spacial score (nSPS) is 10.0. The third-order valence-electron chi connectivity index (χ3n) is 2.63. The number of pyridine rings is 1. The van der Waals surface area contributed by atoms with E-state index in [4.69, 9.17) is 9.47 Å². The molecule has 0 amide bonds. The van der Waals surface area contributed by atoms with Gasteiger partial charge in [-0.25, -0.2) is 4.98 Å². The van der Waals surface area contributed by atoms with Crippen LogP contribution in [0.1, 0.15) is 0 Å². The van der Waals surface area contributed by atoms with Crippen LogP contribution in [0.5, 0.6) is 17.4 Å². The van der Waals surface area contributed by atoms with Crippen molar-refractivity contribution in [3.63, 3.8) is 0 Å². The molecule has 0 radical (unpaired) electrons. The number of nitrogens with zero attached hydrogens (tertiary/aromatic N) is 1. The first-order valence-electron chi connectivity index (χ1n) is 5.57. The fraction of sp³-hybridized carbons (Fsp3) is 0.143. The Morgan fingerprint density at radius 3 is 2.58 bits per heavy atom. The molecule has 19 heavy (non-hydrogen) atoms. The third kappa shape index (κ3) is 2.65. The largest absolute Gasteiger partial charge is 0.504 e. The minimum absolute atomic E-state index is 0.310. The summed E-state index contributed by atoms with van der Waals surface area (Å²) in [4.78, 5) is 15.4. The molecule has 0 aliphatic carbocycles. The maximum atomic E-state index is 11.3. The molecule has 0 atom stereocenters. The van der Waals surface area contributed by atoms with E-state index in [1.807, 2.05) is 0 Å². The summed E-state index contributed by atoms with van der Waals surface area (Å²) in [6, 6.07) is 7.71. The quantitative estimate of drug-likeness (QED) is 0.910. The summed E-state index contributed by atoms with van der Waals surface area (Å²) in [7, 11) is 3.02. The maximum absolute atomic E-state index is 11.3. The van der Waals surface area contributed by atoms with Crippen LogP contribution in [0.4, 0.5) is 0 Å². The number of ether oxygens (including phenoxy) is 2. The summed E-state index contributed by atoms with van der Waals surface area (Å²) in [5, 5.41) is 9.56. The van der Waals surface area contributed by atoms with Crippen LogP contribution >= 0.6 is 0 Å². The van der Waals surface area contributed by atoms with Gasteiger partial charge in [0.25, 0.3) is 5.88 Å². The van der Waals surface area contributed by atoms with E-state index in [2.05, 4.69) is 4.98 Å². The zero-order valence-electron chi connectivity index (χ0n) is 10.6. The number of aromatic hydroxyl groups is 1. The van der Waals surface area contributed by atoms with Gasteiger partial charge in [0.1, 0.15) is 0 Å². The molecule has 5 heteroatoms. The average Bonchev–Trinajstić information content (AvgIpc) is 2.60. The van der Waals surface area contributed by atoms with Gasteiger partial charge in [-0.2, -0.15) is 0 Å². The number of rotatable bonds is 3. The van der Waals surface area contributed by atoms with Crippen LogP contribution in [0, 0.1) is 0 Å². The fourth-order valence-corrected chi connectivity index (χ4v) is 1.66. The highest BCUT2D eigenvalue weighted by Crippen LogP contribution is 2.29. The van der Waals surface area contributed by atoms with Gasteiger partial charge in [-0.1, -0.05) is 12.1 Å². The predicted molar refractivity (Wildman–Crippen MR) is 70.7 cm³/mol. The van der Waals surface area contributed by atoms with Crippen molar-refractivity contribution in [3.8, 4) is 28.5 Å². The smallest absolute Gasteiger partial charge is 0.256 e. The minimum atomic E-state index is -0.431. The Morgan fingerprint density at radius 2 is 1.89 bits per heavy atom. The van der Waals surface area contributed by atoms with Crippen LogP contribution in [-0.2, 0) is 0 Å².